The molecule has 1 fully saturated rings. The first-order valence-corrected chi connectivity index (χ1v) is 10.9. The third-order valence-electron chi connectivity index (χ3n) is 4.57. The second kappa shape index (κ2) is 9.31. The van der Waals surface area contributed by atoms with Crippen molar-refractivity contribution < 1.29 is 23.9 Å². The zero-order valence-electron chi connectivity index (χ0n) is 17.2. The number of thiocarbonyl (C=S) groups is 1. The van der Waals surface area contributed by atoms with Crippen molar-refractivity contribution in [3.05, 3.63) is 76.9 Å². The Morgan fingerprint density at radius 1 is 1.09 bits per heavy atom. The third kappa shape index (κ3) is 4.97. The number of aromatic carboxylic acids is 1. The Morgan fingerprint density at radius 2 is 1.82 bits per heavy atom. The van der Waals surface area contributed by atoms with Crippen molar-refractivity contribution in [2.24, 2.45) is 0 Å². The molecule has 0 atom stereocenters. The molecule has 2 amide bonds. The molecule has 3 aromatic rings. The van der Waals surface area contributed by atoms with Crippen LogP contribution in [0.2, 0.25) is 0 Å². The van der Waals surface area contributed by atoms with Crippen LogP contribution in [0.5, 0.6) is 0 Å². The Balaban J connectivity index is 1.51. The van der Waals surface area contributed by atoms with E-state index in [0.717, 1.165) is 22.3 Å². The van der Waals surface area contributed by atoms with Gasteiger partial charge in [0.15, 0.2) is 4.32 Å². The maximum Gasteiger partial charge on any atom is 0.337 e. The fourth-order valence-corrected chi connectivity index (χ4v) is 4.25. The minimum absolute atomic E-state index is 0.0238. The van der Waals surface area contributed by atoms with E-state index < -0.39 is 11.9 Å². The molecule has 4 rings (SSSR count). The molecule has 3 N–H and O–H groups in total. The number of carbonyl (C=O) groups excluding carboxylic acids is 2. The maximum atomic E-state index is 12.9. The number of rotatable bonds is 6. The van der Waals surface area contributed by atoms with E-state index in [1.165, 1.54) is 13.0 Å². The van der Waals surface area contributed by atoms with Crippen LogP contribution in [0.3, 0.4) is 0 Å². The fraction of sp³-hybridized carbons (Fsp3) is 0.0435. The number of thioether (sulfide) groups is 1. The molecule has 166 valence electrons. The molecule has 2 heterocycles. The van der Waals surface area contributed by atoms with Crippen molar-refractivity contribution in [3.63, 3.8) is 0 Å². The number of para-hydroxylation sites is 1. The molecule has 0 unspecified atom stereocenters. The summed E-state index contributed by atoms with van der Waals surface area (Å²) in [6.07, 6.45) is 1.58. The second-order valence-electron chi connectivity index (χ2n) is 6.94. The summed E-state index contributed by atoms with van der Waals surface area (Å²) in [5, 5.41) is 13.2. The van der Waals surface area contributed by atoms with Crippen LogP contribution in [-0.2, 0) is 9.59 Å². The Bertz CT molecular complexity index is 1300. The first-order chi connectivity index (χ1) is 15.8. The predicted octanol–water partition coefficient (Wildman–Crippen LogP) is 4.83. The van der Waals surface area contributed by atoms with Crippen LogP contribution in [0.25, 0.3) is 17.4 Å². The van der Waals surface area contributed by atoms with Crippen LogP contribution in [-0.4, -0.2) is 32.2 Å². The van der Waals surface area contributed by atoms with Crippen LogP contribution >= 0.6 is 24.0 Å². The lowest BCUT2D eigenvalue weighted by Crippen LogP contribution is -2.34. The smallest absolute Gasteiger partial charge is 0.337 e. The first kappa shape index (κ1) is 22.3. The number of anilines is 2. The summed E-state index contributed by atoms with van der Waals surface area (Å²) in [7, 11) is 0. The summed E-state index contributed by atoms with van der Waals surface area (Å²) in [5.74, 6) is -0.626. The highest BCUT2D eigenvalue weighted by molar-refractivity contribution is 8.26. The molecule has 1 aliphatic rings. The van der Waals surface area contributed by atoms with Gasteiger partial charge in [-0.25, -0.2) is 9.80 Å². The number of carboxylic acid groups (broad SMARTS) is 1. The normalized spacial score (nSPS) is 14.6. The largest absolute Gasteiger partial charge is 0.478 e. The number of nitrogens with zero attached hydrogens (tertiary/aromatic N) is 1. The van der Waals surface area contributed by atoms with Crippen molar-refractivity contribution in [3.8, 4) is 11.3 Å². The van der Waals surface area contributed by atoms with E-state index in [-0.39, 0.29) is 21.5 Å². The number of hydrogen-bond acceptors (Lipinski definition) is 7. The van der Waals surface area contributed by atoms with E-state index in [4.69, 9.17) is 16.6 Å². The van der Waals surface area contributed by atoms with Gasteiger partial charge in [0, 0.05) is 24.3 Å². The minimum atomic E-state index is -1.12. The van der Waals surface area contributed by atoms with Crippen LogP contribution in [0.4, 0.5) is 11.4 Å². The standard InChI is InChI=1S/C23H17N3O5S2/c1-13(27)24-15-8-6-14(7-9-15)19-11-10-16(31-19)12-20-21(28)26(23(32)33-20)25-18-5-3-2-4-17(18)22(29)30/h2-12,25H,1H3,(H,24,27)(H,29,30). The van der Waals surface area contributed by atoms with Crippen LogP contribution in [0.15, 0.2) is 70.0 Å². The Labute approximate surface area is 198 Å². The molecule has 1 aromatic heterocycles. The van der Waals surface area contributed by atoms with E-state index in [1.54, 1.807) is 48.5 Å². The monoisotopic (exact) mass is 479 g/mol. The zero-order valence-corrected chi connectivity index (χ0v) is 18.8. The van der Waals surface area contributed by atoms with Gasteiger partial charge in [0.25, 0.3) is 5.91 Å². The molecule has 0 saturated carbocycles. The summed E-state index contributed by atoms with van der Waals surface area (Å²) in [6, 6.07) is 16.9. The lowest BCUT2D eigenvalue weighted by molar-refractivity contribution is -0.121. The van der Waals surface area contributed by atoms with Gasteiger partial charge in [0.05, 0.1) is 16.2 Å². The SMILES string of the molecule is CC(=O)Nc1ccc(-c2ccc(C=C3SC(=S)N(Nc4ccccc4C(=O)O)C3=O)o2)cc1. The average molecular weight is 480 g/mol. The topological polar surface area (TPSA) is 112 Å². The Kier molecular flexibility index (Phi) is 6.29. The highest BCUT2D eigenvalue weighted by Gasteiger charge is 2.33. The van der Waals surface area contributed by atoms with Gasteiger partial charge in [0.2, 0.25) is 5.91 Å². The molecule has 0 aliphatic carbocycles. The molecule has 1 saturated heterocycles. The highest BCUT2D eigenvalue weighted by atomic mass is 32.2. The molecule has 33 heavy (non-hydrogen) atoms. The quantitative estimate of drug-likeness (QED) is 0.340. The van der Waals surface area contributed by atoms with Gasteiger partial charge in [-0.2, -0.15) is 0 Å². The summed E-state index contributed by atoms with van der Waals surface area (Å²) in [6.45, 7) is 1.44. The highest BCUT2D eigenvalue weighted by Crippen LogP contribution is 2.34. The van der Waals surface area contributed by atoms with E-state index in [1.807, 2.05) is 12.1 Å². The fourth-order valence-electron chi connectivity index (χ4n) is 3.09. The van der Waals surface area contributed by atoms with Crippen molar-refractivity contribution in [2.45, 2.75) is 6.92 Å². The molecular formula is C23H17N3O5S2. The lowest BCUT2D eigenvalue weighted by Gasteiger charge is -2.18. The number of hydrazine groups is 1. The van der Waals surface area contributed by atoms with Gasteiger partial charge in [-0.1, -0.05) is 23.9 Å². The zero-order chi connectivity index (χ0) is 23.5. The summed E-state index contributed by atoms with van der Waals surface area (Å²) in [4.78, 5) is 35.8. The number of nitrogens with one attached hydrogen (secondary N) is 2. The number of carbonyl (C=O) groups is 3. The second-order valence-corrected chi connectivity index (χ2v) is 8.62. The van der Waals surface area contributed by atoms with Gasteiger partial charge in [0.1, 0.15) is 11.5 Å². The molecule has 1 aliphatic heterocycles. The van der Waals surface area contributed by atoms with E-state index >= 15 is 0 Å². The first-order valence-electron chi connectivity index (χ1n) is 9.66. The summed E-state index contributed by atoms with van der Waals surface area (Å²) >= 11 is 6.38. The number of hydrogen-bond donors (Lipinski definition) is 3. The van der Waals surface area contributed by atoms with Crippen LogP contribution < -0.4 is 10.7 Å². The average Bonchev–Trinajstić information content (AvgIpc) is 3.34. The van der Waals surface area contributed by atoms with Gasteiger partial charge < -0.3 is 14.8 Å². The molecular weight excluding hydrogens is 462 g/mol. The molecule has 0 spiro atoms. The minimum Gasteiger partial charge on any atom is -0.478 e. The van der Waals surface area contributed by atoms with Crippen molar-refractivity contribution in [2.75, 3.05) is 10.7 Å². The Morgan fingerprint density at radius 3 is 2.52 bits per heavy atom. The van der Waals surface area contributed by atoms with Gasteiger partial charge >= 0.3 is 5.97 Å². The van der Waals surface area contributed by atoms with Crippen LogP contribution in [0.1, 0.15) is 23.0 Å². The lowest BCUT2D eigenvalue weighted by atomic mass is 10.1. The van der Waals surface area contributed by atoms with Gasteiger partial charge in [-0.3, -0.25) is 15.0 Å². The van der Waals surface area contributed by atoms with Gasteiger partial charge in [-0.05, 0) is 60.7 Å². The van der Waals surface area contributed by atoms with E-state index in [9.17, 15) is 19.5 Å². The molecule has 10 heteroatoms. The van der Waals surface area contributed by atoms with Crippen molar-refractivity contribution in [1.82, 2.24) is 5.01 Å². The van der Waals surface area contributed by atoms with E-state index in [0.29, 0.717) is 22.1 Å². The van der Waals surface area contributed by atoms with Crippen molar-refractivity contribution in [1.29, 1.82) is 0 Å². The predicted molar refractivity (Wildman–Crippen MR) is 130 cm³/mol. The molecule has 0 bridgehead atoms. The molecule has 8 nitrogen and oxygen atoms in total. The van der Waals surface area contributed by atoms with Crippen LogP contribution in [0, 0.1) is 0 Å². The number of furan rings is 1. The maximum absolute atomic E-state index is 12.9. The summed E-state index contributed by atoms with van der Waals surface area (Å²) in [5.41, 5.74) is 4.56. The molecule has 0 radical (unpaired) electrons. The third-order valence-corrected chi connectivity index (χ3v) is 5.88. The van der Waals surface area contributed by atoms with E-state index in [2.05, 4.69) is 10.7 Å². The van der Waals surface area contributed by atoms with Crippen molar-refractivity contribution >= 4 is 63.5 Å². The summed E-state index contributed by atoms with van der Waals surface area (Å²) < 4.78 is 6.09. The number of carboxylic acids is 1. The Hall–Kier alpha value is -3.89. The number of benzene rings is 2. The van der Waals surface area contributed by atoms with Gasteiger partial charge in [-0.15, -0.1) is 0 Å². The number of amides is 2. The molecule has 2 aromatic carbocycles.